The molecule has 5 saturated carbocycles. The van der Waals surface area contributed by atoms with Gasteiger partial charge in [-0.3, -0.25) is 0 Å². The van der Waals surface area contributed by atoms with Crippen molar-refractivity contribution in [1.82, 2.24) is 4.90 Å². The smallest absolute Gasteiger partial charge is 0.338 e. The van der Waals surface area contributed by atoms with Crippen molar-refractivity contribution in [2.24, 2.45) is 28.6 Å². The number of piperidine rings is 1. The molecule has 1 saturated heterocycles. The fourth-order valence-corrected chi connectivity index (χ4v) is 11.8. The Bertz CT molecular complexity index is 1290. The molecule has 0 amide bonds. The van der Waals surface area contributed by atoms with Gasteiger partial charge < -0.3 is 54.1 Å². The molecule has 7 rings (SSSR count). The minimum atomic E-state index is -2.14. The molecule has 7 bridgehead atoms. The summed E-state index contributed by atoms with van der Waals surface area (Å²) in [7, 11) is 7.79. The second-order valence-corrected chi connectivity index (χ2v) is 13.9. The maximum atomic E-state index is 13.5. The lowest BCUT2D eigenvalue weighted by Gasteiger charge is -2.71. The molecule has 12 heteroatoms. The number of aliphatic hydroxyl groups is 5. The van der Waals surface area contributed by atoms with Gasteiger partial charge in [0.15, 0.2) is 0 Å². The van der Waals surface area contributed by atoms with Gasteiger partial charge in [-0.25, -0.2) is 4.79 Å². The molecule has 1 aliphatic heterocycles. The Balaban J connectivity index is 1.51. The second kappa shape index (κ2) is 9.41. The van der Waals surface area contributed by atoms with Crippen molar-refractivity contribution in [3.63, 3.8) is 0 Å². The van der Waals surface area contributed by atoms with Crippen molar-refractivity contribution in [3.05, 3.63) is 35.9 Å². The fraction of sp³-hybridized carbons (Fsp3) is 0.774. The number of ether oxygens (including phenoxy) is 5. The predicted molar refractivity (Wildman–Crippen MR) is 148 cm³/mol. The van der Waals surface area contributed by atoms with Crippen LogP contribution in [0.5, 0.6) is 0 Å². The Kier molecular flexibility index (Phi) is 6.56. The summed E-state index contributed by atoms with van der Waals surface area (Å²) in [6.45, 7) is 0.517. The van der Waals surface area contributed by atoms with E-state index in [0.29, 0.717) is 6.54 Å². The third-order valence-electron chi connectivity index (χ3n) is 12.7. The topological polar surface area (TPSA) is 168 Å². The highest BCUT2D eigenvalue weighted by Gasteiger charge is 2.95. The van der Waals surface area contributed by atoms with Crippen LogP contribution in [0.3, 0.4) is 0 Å². The van der Waals surface area contributed by atoms with E-state index in [-0.39, 0.29) is 25.0 Å². The van der Waals surface area contributed by atoms with Gasteiger partial charge in [-0.15, -0.1) is 0 Å². The third kappa shape index (κ3) is 3.09. The standard InChI is InChI=1S/C31H43NO11/c1-32-13-27(14-39-2)16(33)11-17(40-3)30-20(27)19(41-4)18(22(30)32)31(38)21-24(43-26(35)15-9-7-6-8-10-15)28(36,12-29(21,30)37)25(42-5)23(31)34/h6-10,16-25,33-34,36-38H,11-14H2,1-5H3/t16-,17+,18+,19+,20-,21+,22?,23+,24-,25-,27+,28-,29+,30-,31+/m1/s1. The average molecular weight is 606 g/mol. The molecule has 5 N–H and O–H groups in total. The molecule has 0 radical (unpaired) electrons. The van der Waals surface area contributed by atoms with Crippen LogP contribution >= 0.6 is 0 Å². The summed E-state index contributed by atoms with van der Waals surface area (Å²) in [4.78, 5) is 15.5. The van der Waals surface area contributed by atoms with Crippen LogP contribution < -0.4 is 0 Å². The van der Waals surface area contributed by atoms with Crippen molar-refractivity contribution >= 4 is 5.97 Å². The van der Waals surface area contributed by atoms with E-state index in [1.807, 2.05) is 11.9 Å². The first-order chi connectivity index (χ1) is 20.4. The summed E-state index contributed by atoms with van der Waals surface area (Å²) in [5.74, 6) is -3.56. The number of aliphatic hydroxyl groups excluding tert-OH is 2. The van der Waals surface area contributed by atoms with Gasteiger partial charge in [0.05, 0.1) is 42.0 Å². The third-order valence-corrected chi connectivity index (χ3v) is 12.7. The summed E-state index contributed by atoms with van der Waals surface area (Å²) in [6.07, 6.45) is -7.17. The molecule has 12 nitrogen and oxygen atoms in total. The summed E-state index contributed by atoms with van der Waals surface area (Å²) < 4.78 is 29.9. The number of esters is 1. The van der Waals surface area contributed by atoms with Gasteiger partial charge >= 0.3 is 5.97 Å². The zero-order chi connectivity index (χ0) is 30.9. The first kappa shape index (κ1) is 30.0. The molecule has 5 aliphatic carbocycles. The zero-order valence-corrected chi connectivity index (χ0v) is 25.1. The number of carbonyl (C=O) groups is 1. The van der Waals surface area contributed by atoms with Crippen molar-refractivity contribution in [1.29, 1.82) is 0 Å². The van der Waals surface area contributed by atoms with Crippen LogP contribution in [0.4, 0.5) is 0 Å². The number of likely N-dealkylation sites (tertiary alicyclic amines) is 1. The Morgan fingerprint density at radius 3 is 2.28 bits per heavy atom. The highest BCUT2D eigenvalue weighted by atomic mass is 16.6. The number of carbonyl (C=O) groups excluding carboxylic acids is 1. The predicted octanol–water partition coefficient (Wildman–Crippen LogP) is -1.20. The van der Waals surface area contributed by atoms with Crippen LogP contribution in [0.1, 0.15) is 23.2 Å². The number of hydrogen-bond acceptors (Lipinski definition) is 12. The van der Waals surface area contributed by atoms with E-state index in [1.54, 1.807) is 37.4 Å². The van der Waals surface area contributed by atoms with E-state index < -0.39 is 94.0 Å². The van der Waals surface area contributed by atoms with Crippen LogP contribution in [-0.4, -0.2) is 145 Å². The molecular formula is C31H43NO11. The first-order valence-corrected chi connectivity index (χ1v) is 15.0. The van der Waals surface area contributed by atoms with Gasteiger partial charge in [-0.05, 0) is 19.2 Å². The largest absolute Gasteiger partial charge is 0.455 e. The van der Waals surface area contributed by atoms with E-state index in [0.717, 1.165) is 0 Å². The van der Waals surface area contributed by atoms with Crippen LogP contribution in [0, 0.1) is 28.6 Å². The second-order valence-electron chi connectivity index (χ2n) is 13.9. The van der Waals surface area contributed by atoms with Crippen molar-refractivity contribution in [2.45, 2.75) is 72.3 Å². The molecule has 6 fully saturated rings. The number of nitrogens with zero attached hydrogens (tertiary/aromatic N) is 1. The van der Waals surface area contributed by atoms with E-state index in [2.05, 4.69) is 0 Å². The normalized spacial score (nSPS) is 54.5. The molecular weight excluding hydrogens is 562 g/mol. The lowest BCUT2D eigenvalue weighted by Crippen LogP contribution is -2.85. The SMILES string of the molecule is COC[C@]12CN(C)C3[C@@H]4[C@H](OC)[C@H]1[C@@]3([C@@H](OC)C[C@H]2O)[C@]1(O)C[C@@]2(O)[C@H](OC(=O)c3ccccc3)[C@@H]1[C@]4(O)[C@@H](O)[C@H]2OC. The average Bonchev–Trinajstić information content (AvgIpc) is 3.35. The van der Waals surface area contributed by atoms with Crippen molar-refractivity contribution in [3.8, 4) is 0 Å². The van der Waals surface area contributed by atoms with Crippen LogP contribution in [0.2, 0.25) is 0 Å². The Hall–Kier alpha value is -1.71. The molecule has 238 valence electrons. The Morgan fingerprint density at radius 1 is 0.977 bits per heavy atom. The summed E-state index contributed by atoms with van der Waals surface area (Å²) >= 11 is 0. The van der Waals surface area contributed by atoms with E-state index in [9.17, 15) is 30.3 Å². The minimum Gasteiger partial charge on any atom is -0.455 e. The number of methoxy groups -OCH3 is 4. The molecule has 1 aromatic rings. The molecule has 6 aliphatic rings. The van der Waals surface area contributed by atoms with Crippen molar-refractivity contribution in [2.75, 3.05) is 48.6 Å². The quantitative estimate of drug-likeness (QED) is 0.236. The van der Waals surface area contributed by atoms with Gasteiger partial charge in [-0.2, -0.15) is 0 Å². The summed E-state index contributed by atoms with van der Waals surface area (Å²) in [5, 5.41) is 62.8. The molecule has 1 unspecified atom stereocenters. The maximum absolute atomic E-state index is 13.5. The van der Waals surface area contributed by atoms with E-state index in [1.165, 1.54) is 21.3 Å². The molecule has 0 aromatic heterocycles. The van der Waals surface area contributed by atoms with E-state index in [4.69, 9.17) is 23.7 Å². The summed E-state index contributed by atoms with van der Waals surface area (Å²) in [6, 6.07) is 7.68. The zero-order valence-electron chi connectivity index (χ0n) is 25.1. The highest BCUT2D eigenvalue weighted by molar-refractivity contribution is 5.89. The van der Waals surface area contributed by atoms with Gasteiger partial charge in [-0.1, -0.05) is 18.2 Å². The van der Waals surface area contributed by atoms with Gasteiger partial charge in [0.1, 0.15) is 29.5 Å². The van der Waals surface area contributed by atoms with Crippen LogP contribution in [0.25, 0.3) is 0 Å². The molecule has 1 spiro atoms. The van der Waals surface area contributed by atoms with Crippen LogP contribution in [-0.2, 0) is 23.7 Å². The molecule has 1 aromatic carbocycles. The molecule has 1 heterocycles. The number of fused-ring (bicyclic) bond motifs is 2. The maximum Gasteiger partial charge on any atom is 0.338 e. The minimum absolute atomic E-state index is 0.139. The number of rotatable bonds is 7. The Labute approximate surface area is 250 Å². The lowest BCUT2D eigenvalue weighted by molar-refractivity contribution is -0.352. The fourth-order valence-electron chi connectivity index (χ4n) is 11.8. The number of benzene rings is 1. The molecule has 15 atom stereocenters. The number of hydrogen-bond donors (Lipinski definition) is 5. The molecule has 43 heavy (non-hydrogen) atoms. The monoisotopic (exact) mass is 605 g/mol. The van der Waals surface area contributed by atoms with Gasteiger partial charge in [0, 0.05) is 76.5 Å². The summed E-state index contributed by atoms with van der Waals surface area (Å²) in [5.41, 5.74) is -8.14. The first-order valence-electron chi connectivity index (χ1n) is 15.0. The Morgan fingerprint density at radius 2 is 1.67 bits per heavy atom. The highest BCUT2D eigenvalue weighted by Crippen LogP contribution is 2.81. The lowest BCUT2D eigenvalue weighted by atomic mass is 9.41. The van der Waals surface area contributed by atoms with Crippen LogP contribution in [0.15, 0.2) is 30.3 Å². The van der Waals surface area contributed by atoms with Crippen molar-refractivity contribution < 1.29 is 54.0 Å². The van der Waals surface area contributed by atoms with Gasteiger partial charge in [0.2, 0.25) is 0 Å². The van der Waals surface area contributed by atoms with Gasteiger partial charge in [0.25, 0.3) is 0 Å². The van der Waals surface area contributed by atoms with E-state index >= 15 is 0 Å².